The minimum Gasteiger partial charge on any atom is -0.272 e. The zero-order valence-electron chi connectivity index (χ0n) is 7.70. The molecule has 0 N–H and O–H groups in total. The fourth-order valence-corrected chi connectivity index (χ4v) is 1.03. The molecule has 2 heteroatoms. The van der Waals surface area contributed by atoms with E-state index in [1.54, 1.807) is 12.3 Å². The minimum atomic E-state index is 0.877. The highest BCUT2D eigenvalue weighted by atomic mass is 14.7. The van der Waals surface area contributed by atoms with E-state index in [1.165, 1.54) is 0 Å². The van der Waals surface area contributed by atoms with Gasteiger partial charge in [-0.2, -0.15) is 0 Å². The maximum Gasteiger partial charge on any atom is 0.0720 e. The van der Waals surface area contributed by atoms with E-state index < -0.39 is 0 Å². The fourth-order valence-electron chi connectivity index (χ4n) is 1.03. The lowest BCUT2D eigenvalue weighted by Gasteiger charge is -2.00. The van der Waals surface area contributed by atoms with Gasteiger partial charge in [0.1, 0.15) is 0 Å². The van der Waals surface area contributed by atoms with Crippen LogP contribution in [0.4, 0.5) is 0 Å². The molecule has 0 aliphatic carbocycles. The molecule has 0 spiro atoms. The van der Waals surface area contributed by atoms with Gasteiger partial charge in [-0.05, 0) is 25.8 Å². The van der Waals surface area contributed by atoms with Crippen molar-refractivity contribution < 1.29 is 0 Å². The van der Waals surface area contributed by atoms with Gasteiger partial charge in [-0.25, -0.2) is 0 Å². The van der Waals surface area contributed by atoms with E-state index in [1.807, 2.05) is 25.1 Å². The number of hydrogen-bond donors (Lipinski definition) is 0. The molecule has 0 amide bonds. The van der Waals surface area contributed by atoms with E-state index in [-0.39, 0.29) is 0 Å². The molecule has 0 unspecified atom stereocenters. The second-order valence-electron chi connectivity index (χ2n) is 2.64. The van der Waals surface area contributed by atoms with E-state index in [2.05, 4.69) is 23.3 Å². The third kappa shape index (κ3) is 2.37. The second kappa shape index (κ2) is 4.36. The first-order valence-corrected chi connectivity index (χ1v) is 4.00. The van der Waals surface area contributed by atoms with Gasteiger partial charge in [-0.3, -0.25) is 9.98 Å². The molecule has 1 aromatic heterocycles. The Balaban J connectivity index is 3.12. The molecule has 0 atom stereocenters. The van der Waals surface area contributed by atoms with Crippen LogP contribution in [0.2, 0.25) is 0 Å². The van der Waals surface area contributed by atoms with Crippen molar-refractivity contribution in [1.29, 1.82) is 0 Å². The predicted molar refractivity (Wildman–Crippen MR) is 56.7 cm³/mol. The SMILES string of the molecule is C=C/C(=C\N=C)c1cccc(C)n1. The average molecular weight is 172 g/mol. The van der Waals surface area contributed by atoms with Crippen molar-refractivity contribution in [2.75, 3.05) is 0 Å². The van der Waals surface area contributed by atoms with Crippen LogP contribution in [0.1, 0.15) is 11.4 Å². The molecular formula is C11H12N2. The number of aliphatic imine (C=N–C) groups is 1. The number of aromatic nitrogens is 1. The molecule has 1 heterocycles. The number of allylic oxidation sites excluding steroid dienone is 2. The Morgan fingerprint density at radius 2 is 2.31 bits per heavy atom. The van der Waals surface area contributed by atoms with E-state index >= 15 is 0 Å². The molecule has 0 aliphatic heterocycles. The summed E-state index contributed by atoms with van der Waals surface area (Å²) in [5.74, 6) is 0. The molecule has 66 valence electrons. The van der Waals surface area contributed by atoms with Gasteiger partial charge >= 0.3 is 0 Å². The van der Waals surface area contributed by atoms with Crippen molar-refractivity contribution in [3.05, 3.63) is 48.4 Å². The molecule has 0 saturated heterocycles. The number of rotatable bonds is 3. The number of hydrogen-bond acceptors (Lipinski definition) is 2. The van der Waals surface area contributed by atoms with Crippen LogP contribution in [0.3, 0.4) is 0 Å². The number of nitrogens with zero attached hydrogens (tertiary/aromatic N) is 2. The minimum absolute atomic E-state index is 0.877. The lowest BCUT2D eigenvalue weighted by molar-refractivity contribution is 1.17. The van der Waals surface area contributed by atoms with Gasteiger partial charge in [0.15, 0.2) is 0 Å². The summed E-state index contributed by atoms with van der Waals surface area (Å²) in [6, 6.07) is 5.83. The first kappa shape index (κ1) is 9.39. The monoisotopic (exact) mass is 172 g/mol. The summed E-state index contributed by atoms with van der Waals surface area (Å²) < 4.78 is 0. The Morgan fingerprint density at radius 1 is 1.54 bits per heavy atom. The summed E-state index contributed by atoms with van der Waals surface area (Å²) in [7, 11) is 0. The van der Waals surface area contributed by atoms with Crippen molar-refractivity contribution >= 4 is 12.3 Å². The Kier molecular flexibility index (Phi) is 3.15. The highest BCUT2D eigenvalue weighted by molar-refractivity contribution is 5.71. The van der Waals surface area contributed by atoms with Crippen LogP contribution in [0.25, 0.3) is 5.57 Å². The maximum absolute atomic E-state index is 4.34. The summed E-state index contributed by atoms with van der Waals surface area (Å²) >= 11 is 0. The van der Waals surface area contributed by atoms with Gasteiger partial charge in [0.2, 0.25) is 0 Å². The Morgan fingerprint density at radius 3 is 2.85 bits per heavy atom. The highest BCUT2D eigenvalue weighted by Gasteiger charge is 1.97. The lowest BCUT2D eigenvalue weighted by Crippen LogP contribution is -1.88. The zero-order valence-corrected chi connectivity index (χ0v) is 7.70. The summed E-state index contributed by atoms with van der Waals surface area (Å²) in [6.45, 7) is 9.03. The summed E-state index contributed by atoms with van der Waals surface area (Å²) in [4.78, 5) is 8.03. The normalized spacial score (nSPS) is 11.0. The van der Waals surface area contributed by atoms with Gasteiger partial charge in [0.25, 0.3) is 0 Å². The van der Waals surface area contributed by atoms with Crippen molar-refractivity contribution in [3.8, 4) is 0 Å². The van der Waals surface area contributed by atoms with Crippen LogP contribution in [-0.4, -0.2) is 11.7 Å². The first-order valence-electron chi connectivity index (χ1n) is 4.00. The van der Waals surface area contributed by atoms with Gasteiger partial charge in [0, 0.05) is 17.5 Å². The molecule has 1 aromatic rings. The zero-order chi connectivity index (χ0) is 9.68. The molecule has 1 rings (SSSR count). The van der Waals surface area contributed by atoms with Crippen LogP contribution in [0.5, 0.6) is 0 Å². The maximum atomic E-state index is 4.34. The van der Waals surface area contributed by atoms with Crippen LogP contribution in [-0.2, 0) is 0 Å². The fraction of sp³-hybridized carbons (Fsp3) is 0.0909. The second-order valence-corrected chi connectivity index (χ2v) is 2.64. The van der Waals surface area contributed by atoms with E-state index in [0.717, 1.165) is 17.0 Å². The van der Waals surface area contributed by atoms with Gasteiger partial charge in [-0.15, -0.1) is 0 Å². The van der Waals surface area contributed by atoms with Gasteiger partial charge in [0.05, 0.1) is 5.69 Å². The van der Waals surface area contributed by atoms with Crippen molar-refractivity contribution in [2.45, 2.75) is 6.92 Å². The van der Waals surface area contributed by atoms with Crippen LogP contribution in [0, 0.1) is 6.92 Å². The molecule has 2 nitrogen and oxygen atoms in total. The summed E-state index contributed by atoms with van der Waals surface area (Å²) in [5, 5.41) is 0. The quantitative estimate of drug-likeness (QED) is 0.508. The van der Waals surface area contributed by atoms with E-state index in [0.29, 0.717) is 0 Å². The number of pyridine rings is 1. The predicted octanol–water partition coefficient (Wildman–Crippen LogP) is 2.62. The third-order valence-corrected chi connectivity index (χ3v) is 1.63. The highest BCUT2D eigenvalue weighted by Crippen LogP contribution is 2.12. The Bertz CT molecular complexity index is 351. The molecule has 0 fully saturated rings. The van der Waals surface area contributed by atoms with Crippen LogP contribution < -0.4 is 0 Å². The topological polar surface area (TPSA) is 25.2 Å². The van der Waals surface area contributed by atoms with Gasteiger partial charge in [-0.1, -0.05) is 18.7 Å². The van der Waals surface area contributed by atoms with E-state index in [4.69, 9.17) is 0 Å². The van der Waals surface area contributed by atoms with Crippen molar-refractivity contribution in [2.24, 2.45) is 4.99 Å². The molecule has 0 saturated carbocycles. The molecule has 0 aliphatic rings. The van der Waals surface area contributed by atoms with Crippen LogP contribution in [0.15, 0.2) is 42.0 Å². The summed E-state index contributed by atoms with van der Waals surface area (Å²) in [6.07, 6.45) is 3.37. The van der Waals surface area contributed by atoms with Crippen LogP contribution >= 0.6 is 0 Å². The largest absolute Gasteiger partial charge is 0.272 e. The van der Waals surface area contributed by atoms with Crippen molar-refractivity contribution in [3.63, 3.8) is 0 Å². The molecule has 0 aromatic carbocycles. The lowest BCUT2D eigenvalue weighted by atomic mass is 10.2. The molecule has 0 radical (unpaired) electrons. The Hall–Kier alpha value is -1.70. The average Bonchev–Trinajstić information content (AvgIpc) is 2.14. The van der Waals surface area contributed by atoms with Gasteiger partial charge < -0.3 is 0 Å². The van der Waals surface area contributed by atoms with Crippen molar-refractivity contribution in [1.82, 2.24) is 4.98 Å². The molecule has 0 bridgehead atoms. The molecule has 13 heavy (non-hydrogen) atoms. The third-order valence-electron chi connectivity index (χ3n) is 1.63. The molecular weight excluding hydrogens is 160 g/mol. The smallest absolute Gasteiger partial charge is 0.0720 e. The summed E-state index contributed by atoms with van der Waals surface area (Å²) in [5.41, 5.74) is 2.75. The Labute approximate surface area is 78.4 Å². The van der Waals surface area contributed by atoms with E-state index in [9.17, 15) is 0 Å². The standard InChI is InChI=1S/C11H12N2/c1-4-10(8-12-3)11-7-5-6-9(2)13-11/h4-8H,1,3H2,2H3/b10-8+. The first-order chi connectivity index (χ1) is 6.27. The number of aryl methyl sites for hydroxylation is 1.